The number of methoxy groups -OCH3 is 2. The van der Waals surface area contributed by atoms with Gasteiger partial charge in [0.15, 0.2) is 11.5 Å². The zero-order chi connectivity index (χ0) is 17.1. The highest BCUT2D eigenvalue weighted by Crippen LogP contribution is 2.32. The van der Waals surface area contributed by atoms with Crippen LogP contribution in [-0.4, -0.2) is 29.6 Å². The lowest BCUT2D eigenvalue weighted by Crippen LogP contribution is -2.01. The van der Waals surface area contributed by atoms with Crippen LogP contribution >= 0.6 is 0 Å². The number of aryl methyl sites for hydroxylation is 2. The predicted octanol–water partition coefficient (Wildman–Crippen LogP) is 2.97. The largest absolute Gasteiger partial charge is 0.493 e. The quantitative estimate of drug-likeness (QED) is 0.737. The number of aromatic nitrogens is 3. The minimum atomic E-state index is 0.319. The van der Waals surface area contributed by atoms with Crippen molar-refractivity contribution in [2.75, 3.05) is 19.5 Å². The van der Waals surface area contributed by atoms with Crippen LogP contribution in [0.15, 0.2) is 27.1 Å². The monoisotopic (exact) mass is 330 g/mol. The molecule has 0 aliphatic rings. The fraction of sp³-hybridized carbons (Fsp3) is 0.312. The van der Waals surface area contributed by atoms with Gasteiger partial charge in [0.05, 0.1) is 19.9 Å². The van der Waals surface area contributed by atoms with Gasteiger partial charge in [-0.05, 0) is 32.0 Å². The van der Waals surface area contributed by atoms with Crippen molar-refractivity contribution >= 4 is 6.01 Å². The van der Waals surface area contributed by atoms with Gasteiger partial charge in [-0.15, -0.1) is 5.10 Å². The van der Waals surface area contributed by atoms with Crippen molar-refractivity contribution < 1.29 is 18.4 Å². The van der Waals surface area contributed by atoms with Crippen LogP contribution in [0.2, 0.25) is 0 Å². The van der Waals surface area contributed by atoms with Crippen molar-refractivity contribution in [3.63, 3.8) is 0 Å². The Hall–Kier alpha value is -3.03. The third-order valence-electron chi connectivity index (χ3n) is 3.65. The van der Waals surface area contributed by atoms with Crippen molar-refractivity contribution in [3.8, 4) is 23.0 Å². The molecule has 3 aromatic rings. The summed E-state index contributed by atoms with van der Waals surface area (Å²) in [6.45, 7) is 4.24. The molecule has 24 heavy (non-hydrogen) atoms. The van der Waals surface area contributed by atoms with Crippen LogP contribution in [0.25, 0.3) is 11.5 Å². The standard InChI is InChI=1S/C16H18N4O4/c1-9-12(10(2)24-20-9)8-17-16-19-18-15(23-16)11-5-6-13(21-3)14(7-11)22-4/h5-7H,8H2,1-4H3,(H,17,19). The van der Waals surface area contributed by atoms with Crippen molar-refractivity contribution in [3.05, 3.63) is 35.2 Å². The minimum Gasteiger partial charge on any atom is -0.493 e. The van der Waals surface area contributed by atoms with E-state index in [1.165, 1.54) is 0 Å². The van der Waals surface area contributed by atoms with Crippen LogP contribution in [-0.2, 0) is 6.54 Å². The first-order chi connectivity index (χ1) is 11.6. The van der Waals surface area contributed by atoms with Crippen molar-refractivity contribution in [2.24, 2.45) is 0 Å². The summed E-state index contributed by atoms with van der Waals surface area (Å²) in [4.78, 5) is 0. The molecule has 0 bridgehead atoms. The average molecular weight is 330 g/mol. The van der Waals surface area contributed by atoms with Crippen molar-refractivity contribution in [1.82, 2.24) is 15.4 Å². The van der Waals surface area contributed by atoms with Gasteiger partial charge in [-0.2, -0.15) is 0 Å². The fourth-order valence-electron chi connectivity index (χ4n) is 2.30. The molecular formula is C16H18N4O4. The molecule has 8 nitrogen and oxygen atoms in total. The van der Waals surface area contributed by atoms with Crippen LogP contribution in [0.3, 0.4) is 0 Å². The Morgan fingerprint density at radius 1 is 1.08 bits per heavy atom. The normalized spacial score (nSPS) is 10.7. The molecule has 1 aromatic carbocycles. The summed E-state index contributed by atoms with van der Waals surface area (Å²) in [5.74, 6) is 2.38. The van der Waals surface area contributed by atoms with E-state index in [9.17, 15) is 0 Å². The maximum Gasteiger partial charge on any atom is 0.316 e. The molecule has 0 unspecified atom stereocenters. The van der Waals surface area contributed by atoms with Crippen molar-refractivity contribution in [1.29, 1.82) is 0 Å². The molecule has 8 heteroatoms. The lowest BCUT2D eigenvalue weighted by atomic mass is 10.2. The van der Waals surface area contributed by atoms with E-state index in [0.717, 1.165) is 22.6 Å². The van der Waals surface area contributed by atoms with Gasteiger partial charge in [-0.3, -0.25) is 0 Å². The first kappa shape index (κ1) is 15.9. The van der Waals surface area contributed by atoms with Gasteiger partial charge in [0.2, 0.25) is 5.89 Å². The predicted molar refractivity (Wildman–Crippen MR) is 86.1 cm³/mol. The summed E-state index contributed by atoms with van der Waals surface area (Å²) in [5, 5.41) is 15.0. The van der Waals surface area contributed by atoms with Crippen LogP contribution in [0, 0.1) is 13.8 Å². The molecule has 0 aliphatic carbocycles. The Bertz CT molecular complexity index is 821. The van der Waals surface area contributed by atoms with Crippen LogP contribution in [0.5, 0.6) is 11.5 Å². The van der Waals surface area contributed by atoms with Gasteiger partial charge < -0.3 is 23.7 Å². The van der Waals surface area contributed by atoms with Gasteiger partial charge in [0.1, 0.15) is 5.76 Å². The molecule has 0 saturated heterocycles. The van der Waals surface area contributed by atoms with Gasteiger partial charge in [-0.1, -0.05) is 10.3 Å². The van der Waals surface area contributed by atoms with Gasteiger partial charge >= 0.3 is 6.01 Å². The number of hydrogen-bond acceptors (Lipinski definition) is 8. The first-order valence-corrected chi connectivity index (χ1v) is 7.34. The summed E-state index contributed by atoms with van der Waals surface area (Å²) in [6, 6.07) is 5.71. The van der Waals surface area contributed by atoms with Crippen molar-refractivity contribution in [2.45, 2.75) is 20.4 Å². The zero-order valence-electron chi connectivity index (χ0n) is 13.9. The third-order valence-corrected chi connectivity index (χ3v) is 3.65. The molecule has 3 rings (SSSR count). The SMILES string of the molecule is COc1ccc(-c2nnc(NCc3c(C)noc3C)o2)cc1OC. The van der Waals surface area contributed by atoms with Crippen LogP contribution in [0.1, 0.15) is 17.0 Å². The minimum absolute atomic E-state index is 0.319. The summed E-state index contributed by atoms with van der Waals surface area (Å²) in [6.07, 6.45) is 0. The highest BCUT2D eigenvalue weighted by atomic mass is 16.5. The number of anilines is 1. The van der Waals surface area contributed by atoms with E-state index in [2.05, 4.69) is 20.7 Å². The Morgan fingerprint density at radius 2 is 1.88 bits per heavy atom. The Morgan fingerprint density at radius 3 is 2.54 bits per heavy atom. The second kappa shape index (κ2) is 6.61. The van der Waals surface area contributed by atoms with Gasteiger partial charge in [0, 0.05) is 17.7 Å². The molecule has 0 saturated carbocycles. The molecule has 1 N–H and O–H groups in total. The highest BCUT2D eigenvalue weighted by molar-refractivity contribution is 5.60. The number of benzene rings is 1. The molecule has 126 valence electrons. The molecule has 2 aromatic heterocycles. The van der Waals surface area contributed by atoms with E-state index in [1.807, 2.05) is 19.9 Å². The highest BCUT2D eigenvalue weighted by Gasteiger charge is 2.14. The summed E-state index contributed by atoms with van der Waals surface area (Å²) in [7, 11) is 3.16. The van der Waals surface area contributed by atoms with E-state index >= 15 is 0 Å². The lowest BCUT2D eigenvalue weighted by Gasteiger charge is -2.07. The molecule has 0 radical (unpaired) electrons. The molecule has 0 fully saturated rings. The number of nitrogens with one attached hydrogen (secondary N) is 1. The molecule has 2 heterocycles. The summed E-state index contributed by atoms with van der Waals surface area (Å²) in [5.41, 5.74) is 2.55. The topological polar surface area (TPSA) is 95.4 Å². The number of rotatable bonds is 6. The van der Waals surface area contributed by atoms with E-state index in [1.54, 1.807) is 26.4 Å². The Labute approximate surface area is 138 Å². The molecule has 0 atom stereocenters. The third kappa shape index (κ3) is 3.03. The summed E-state index contributed by atoms with van der Waals surface area (Å²) < 4.78 is 21.3. The molecular weight excluding hydrogens is 312 g/mol. The van der Waals surface area contributed by atoms with Gasteiger partial charge in [-0.25, -0.2) is 0 Å². The Kier molecular flexibility index (Phi) is 4.37. The first-order valence-electron chi connectivity index (χ1n) is 7.34. The molecule has 0 spiro atoms. The molecule has 0 amide bonds. The maximum absolute atomic E-state index is 5.64. The fourth-order valence-corrected chi connectivity index (χ4v) is 2.30. The second-order valence-corrected chi connectivity index (χ2v) is 5.14. The number of nitrogens with zero attached hydrogens (tertiary/aromatic N) is 3. The maximum atomic E-state index is 5.64. The average Bonchev–Trinajstić information content (AvgIpc) is 3.19. The Balaban J connectivity index is 1.76. The zero-order valence-corrected chi connectivity index (χ0v) is 13.9. The number of hydrogen-bond donors (Lipinski definition) is 1. The van der Waals surface area contributed by atoms with E-state index in [0.29, 0.717) is 29.9 Å². The summed E-state index contributed by atoms with van der Waals surface area (Å²) >= 11 is 0. The van der Waals surface area contributed by atoms with E-state index in [-0.39, 0.29) is 0 Å². The van der Waals surface area contributed by atoms with Crippen LogP contribution < -0.4 is 14.8 Å². The second-order valence-electron chi connectivity index (χ2n) is 5.14. The smallest absolute Gasteiger partial charge is 0.316 e. The van der Waals surface area contributed by atoms with E-state index in [4.69, 9.17) is 18.4 Å². The van der Waals surface area contributed by atoms with Gasteiger partial charge in [0.25, 0.3) is 0 Å². The van der Waals surface area contributed by atoms with Crippen LogP contribution in [0.4, 0.5) is 6.01 Å². The number of ether oxygens (including phenoxy) is 2. The molecule has 0 aliphatic heterocycles. The lowest BCUT2D eigenvalue weighted by molar-refractivity contribution is 0.355. The van der Waals surface area contributed by atoms with E-state index < -0.39 is 0 Å².